The van der Waals surface area contributed by atoms with E-state index < -0.39 is 10.0 Å². The van der Waals surface area contributed by atoms with Crippen LogP contribution in [0.3, 0.4) is 0 Å². The first kappa shape index (κ1) is 29.7. The second kappa shape index (κ2) is 14.9. The zero-order valence-electron chi connectivity index (χ0n) is 22.2. The summed E-state index contributed by atoms with van der Waals surface area (Å²) in [6, 6.07) is 13.4. The van der Waals surface area contributed by atoms with Gasteiger partial charge in [-0.3, -0.25) is 9.69 Å². The smallest absolute Gasteiger partial charge is 0.284 e. The lowest BCUT2D eigenvalue weighted by molar-refractivity contribution is -0.122. The Morgan fingerprint density at radius 2 is 1.71 bits per heavy atom. The number of benzene rings is 2. The van der Waals surface area contributed by atoms with Crippen LogP contribution in [-0.4, -0.2) is 58.4 Å². The zero-order chi connectivity index (χ0) is 27.4. The zero-order valence-corrected chi connectivity index (χ0v) is 23.9. The fourth-order valence-corrected chi connectivity index (χ4v) is 6.05. The molecule has 1 amide bonds. The molecule has 3 rings (SSSR count). The van der Waals surface area contributed by atoms with Crippen LogP contribution < -0.4 is 9.47 Å². The molecule has 1 fully saturated rings. The van der Waals surface area contributed by atoms with E-state index in [9.17, 15) is 13.2 Å². The number of carbonyl (C=O) groups excluding carboxylic acids is 1. The van der Waals surface area contributed by atoms with Gasteiger partial charge in [-0.2, -0.15) is 8.42 Å². The van der Waals surface area contributed by atoms with Crippen molar-refractivity contribution >= 4 is 38.9 Å². The predicted octanol–water partition coefficient (Wildman–Crippen LogP) is 5.74. The Bertz CT molecular complexity index is 1230. The molecule has 10 heteroatoms. The van der Waals surface area contributed by atoms with Crippen LogP contribution in [0.2, 0.25) is 0 Å². The fraction of sp³-hybridized carbons (Fsp3) is 0.429. The molecule has 0 aliphatic carbocycles. The van der Waals surface area contributed by atoms with Crippen molar-refractivity contribution in [2.45, 2.75) is 50.3 Å². The molecule has 2 aromatic rings. The summed E-state index contributed by atoms with van der Waals surface area (Å²) in [7, 11) is -0.816. The SMILES string of the molecule is CCCCCCCOc1cc(/C=C2\SC(=NS(=O)(=O)c3ccccc3)N(CCCOC)C2=O)ccc1OC. The largest absolute Gasteiger partial charge is 0.493 e. The van der Waals surface area contributed by atoms with Crippen LogP contribution in [0.25, 0.3) is 6.08 Å². The van der Waals surface area contributed by atoms with E-state index in [4.69, 9.17) is 14.2 Å². The molecule has 38 heavy (non-hydrogen) atoms. The molecule has 0 saturated carbocycles. The molecule has 2 aromatic carbocycles. The molecular weight excluding hydrogens is 524 g/mol. The van der Waals surface area contributed by atoms with Gasteiger partial charge in [0.05, 0.1) is 23.5 Å². The molecule has 8 nitrogen and oxygen atoms in total. The first-order valence-electron chi connectivity index (χ1n) is 12.8. The molecule has 0 radical (unpaired) electrons. The van der Waals surface area contributed by atoms with Crippen molar-refractivity contribution in [1.82, 2.24) is 4.90 Å². The normalized spacial score (nSPS) is 16.0. The molecule has 1 aliphatic rings. The number of amidine groups is 1. The molecular formula is C28H36N2O6S2. The van der Waals surface area contributed by atoms with E-state index in [0.29, 0.717) is 36.0 Å². The third-order valence-corrected chi connectivity index (χ3v) is 8.25. The van der Waals surface area contributed by atoms with Crippen LogP contribution >= 0.6 is 11.8 Å². The van der Waals surface area contributed by atoms with Gasteiger partial charge in [-0.05, 0) is 60.5 Å². The highest BCUT2D eigenvalue weighted by Crippen LogP contribution is 2.36. The van der Waals surface area contributed by atoms with E-state index in [1.807, 2.05) is 12.1 Å². The minimum atomic E-state index is -3.98. The molecule has 1 heterocycles. The number of methoxy groups -OCH3 is 2. The second-order valence-corrected chi connectivity index (χ2v) is 11.4. The van der Waals surface area contributed by atoms with E-state index in [0.717, 1.165) is 30.2 Å². The summed E-state index contributed by atoms with van der Waals surface area (Å²) in [5.41, 5.74) is 0.742. The van der Waals surface area contributed by atoms with Crippen molar-refractivity contribution in [2.75, 3.05) is 34.0 Å². The molecule has 0 unspecified atom stereocenters. The van der Waals surface area contributed by atoms with Crippen molar-refractivity contribution in [3.63, 3.8) is 0 Å². The number of ether oxygens (including phenoxy) is 3. The fourth-order valence-electron chi connectivity index (χ4n) is 3.82. The van der Waals surface area contributed by atoms with Crippen molar-refractivity contribution < 1.29 is 27.4 Å². The summed E-state index contributed by atoms with van der Waals surface area (Å²) in [5, 5.41) is 0.123. The molecule has 0 atom stereocenters. The molecule has 1 saturated heterocycles. The molecule has 0 bridgehead atoms. The topological polar surface area (TPSA) is 94.5 Å². The molecule has 0 N–H and O–H groups in total. The lowest BCUT2D eigenvalue weighted by Crippen LogP contribution is -2.31. The highest BCUT2D eigenvalue weighted by molar-refractivity contribution is 8.19. The monoisotopic (exact) mass is 560 g/mol. The Hall–Kier alpha value is -2.82. The quantitative estimate of drug-likeness (QED) is 0.202. The minimum Gasteiger partial charge on any atom is -0.493 e. The van der Waals surface area contributed by atoms with Crippen molar-refractivity contribution in [2.24, 2.45) is 4.40 Å². The van der Waals surface area contributed by atoms with E-state index in [1.54, 1.807) is 44.6 Å². The Labute approximate surface area is 230 Å². The Morgan fingerprint density at radius 1 is 0.947 bits per heavy atom. The first-order valence-corrected chi connectivity index (χ1v) is 15.1. The van der Waals surface area contributed by atoms with Gasteiger partial charge in [0.15, 0.2) is 16.7 Å². The highest BCUT2D eigenvalue weighted by atomic mass is 32.2. The van der Waals surface area contributed by atoms with Gasteiger partial charge < -0.3 is 14.2 Å². The average molecular weight is 561 g/mol. The highest BCUT2D eigenvalue weighted by Gasteiger charge is 2.34. The lowest BCUT2D eigenvalue weighted by Gasteiger charge is -2.15. The summed E-state index contributed by atoms with van der Waals surface area (Å²) < 4.78 is 46.4. The van der Waals surface area contributed by atoms with Gasteiger partial charge in [-0.1, -0.05) is 56.9 Å². The van der Waals surface area contributed by atoms with Crippen LogP contribution in [-0.2, 0) is 19.6 Å². The second-order valence-electron chi connectivity index (χ2n) is 8.75. The number of hydrogen-bond donors (Lipinski definition) is 0. The number of unbranched alkanes of at least 4 members (excludes halogenated alkanes) is 4. The van der Waals surface area contributed by atoms with Crippen LogP contribution in [0.1, 0.15) is 51.0 Å². The van der Waals surface area contributed by atoms with Gasteiger partial charge in [0.2, 0.25) is 0 Å². The summed E-state index contributed by atoms with van der Waals surface area (Å²) in [6.45, 7) is 3.48. The maximum absolute atomic E-state index is 13.3. The van der Waals surface area contributed by atoms with Crippen molar-refractivity contribution in [3.05, 3.63) is 59.0 Å². The standard InChI is InChI=1S/C28H36N2O6S2/c1-4-5-6-7-11-19-36-25-20-22(15-16-24(25)35-3)21-26-27(31)30(17-12-18-34-2)28(37-26)29-38(32,33)23-13-9-8-10-14-23/h8-10,13-16,20-21H,4-7,11-12,17-19H2,1-3H3/b26-21-,29-28?. The number of nitrogens with zero attached hydrogens (tertiary/aromatic N) is 2. The van der Waals surface area contributed by atoms with Gasteiger partial charge in [0, 0.05) is 20.3 Å². The van der Waals surface area contributed by atoms with Crippen molar-refractivity contribution in [3.8, 4) is 11.5 Å². The summed E-state index contributed by atoms with van der Waals surface area (Å²) >= 11 is 1.04. The minimum absolute atomic E-state index is 0.0708. The number of rotatable bonds is 15. The van der Waals surface area contributed by atoms with Gasteiger partial charge in [-0.15, -0.1) is 4.40 Å². The first-order chi connectivity index (χ1) is 18.4. The van der Waals surface area contributed by atoms with E-state index in [1.165, 1.54) is 36.3 Å². The molecule has 0 spiro atoms. The maximum atomic E-state index is 13.3. The Balaban J connectivity index is 1.84. The van der Waals surface area contributed by atoms with Gasteiger partial charge in [-0.25, -0.2) is 0 Å². The Kier molecular flexibility index (Phi) is 11.7. The van der Waals surface area contributed by atoms with E-state index >= 15 is 0 Å². The molecule has 206 valence electrons. The summed E-state index contributed by atoms with van der Waals surface area (Å²) in [4.78, 5) is 15.1. The van der Waals surface area contributed by atoms with Crippen LogP contribution in [0, 0.1) is 0 Å². The molecule has 0 aromatic heterocycles. The molecule has 1 aliphatic heterocycles. The van der Waals surface area contributed by atoms with E-state index in [-0.39, 0.29) is 22.5 Å². The van der Waals surface area contributed by atoms with Crippen LogP contribution in [0.5, 0.6) is 11.5 Å². The number of hydrogen-bond acceptors (Lipinski definition) is 7. The van der Waals surface area contributed by atoms with Gasteiger partial charge in [0.25, 0.3) is 15.9 Å². The van der Waals surface area contributed by atoms with Gasteiger partial charge >= 0.3 is 0 Å². The third kappa shape index (κ3) is 8.34. The average Bonchev–Trinajstić information content (AvgIpc) is 3.19. The summed E-state index contributed by atoms with van der Waals surface area (Å²) in [6.07, 6.45) is 7.93. The number of amides is 1. The predicted molar refractivity (Wildman–Crippen MR) is 152 cm³/mol. The van der Waals surface area contributed by atoms with Crippen molar-refractivity contribution in [1.29, 1.82) is 0 Å². The van der Waals surface area contributed by atoms with Crippen LogP contribution in [0.15, 0.2) is 62.7 Å². The third-order valence-electron chi connectivity index (χ3n) is 5.85. The summed E-state index contributed by atoms with van der Waals surface area (Å²) in [5.74, 6) is 0.913. The number of sulfonamides is 1. The van der Waals surface area contributed by atoms with Crippen LogP contribution in [0.4, 0.5) is 0 Å². The lowest BCUT2D eigenvalue weighted by atomic mass is 10.1. The number of carbonyl (C=O) groups is 1. The maximum Gasteiger partial charge on any atom is 0.284 e. The van der Waals surface area contributed by atoms with Gasteiger partial charge in [0.1, 0.15) is 0 Å². The Morgan fingerprint density at radius 3 is 2.42 bits per heavy atom. The van der Waals surface area contributed by atoms with E-state index in [2.05, 4.69) is 11.3 Å². The number of thioether (sulfide) groups is 1.